The lowest BCUT2D eigenvalue weighted by Crippen LogP contribution is -2.46. The summed E-state index contributed by atoms with van der Waals surface area (Å²) in [6.07, 6.45) is 6.71. The van der Waals surface area contributed by atoms with Gasteiger partial charge < -0.3 is 25.3 Å². The van der Waals surface area contributed by atoms with Gasteiger partial charge in [-0.3, -0.25) is 14.4 Å². The van der Waals surface area contributed by atoms with Crippen molar-refractivity contribution in [2.24, 2.45) is 5.92 Å². The molecular formula is C31H41N5O3. The summed E-state index contributed by atoms with van der Waals surface area (Å²) in [5.41, 5.74) is 3.08. The number of piperazine rings is 1. The largest absolute Gasteiger partial charge is 0.368 e. The van der Waals surface area contributed by atoms with Crippen LogP contribution in [0, 0.1) is 5.92 Å². The summed E-state index contributed by atoms with van der Waals surface area (Å²) in [5.74, 6) is 0.359. The van der Waals surface area contributed by atoms with Crippen LogP contribution in [0.4, 0.5) is 11.4 Å². The molecule has 208 valence electrons. The smallest absolute Gasteiger partial charge is 0.254 e. The molecule has 3 aliphatic rings. The topological polar surface area (TPSA) is 85.0 Å². The maximum absolute atomic E-state index is 13.3. The Labute approximate surface area is 231 Å². The number of nitrogens with one attached hydrogen (secondary N) is 2. The molecule has 2 aliphatic heterocycles. The molecule has 1 aliphatic carbocycles. The molecule has 2 aromatic rings. The fraction of sp³-hybridized carbons (Fsp3) is 0.516. The first-order valence-corrected chi connectivity index (χ1v) is 14.6. The maximum atomic E-state index is 13.3. The molecule has 5 rings (SSSR count). The Bertz CT molecular complexity index is 1140. The number of anilines is 2. The van der Waals surface area contributed by atoms with Crippen molar-refractivity contribution in [3.05, 3.63) is 59.7 Å². The van der Waals surface area contributed by atoms with Crippen molar-refractivity contribution in [3.8, 4) is 0 Å². The van der Waals surface area contributed by atoms with Crippen LogP contribution in [0.15, 0.2) is 48.5 Å². The molecule has 8 nitrogen and oxygen atoms in total. The molecule has 0 radical (unpaired) electrons. The number of amides is 3. The van der Waals surface area contributed by atoms with E-state index in [0.717, 1.165) is 69.5 Å². The predicted octanol–water partition coefficient (Wildman–Crippen LogP) is 3.53. The quantitative estimate of drug-likeness (QED) is 0.596. The van der Waals surface area contributed by atoms with E-state index in [2.05, 4.69) is 15.5 Å². The van der Waals surface area contributed by atoms with E-state index >= 15 is 0 Å². The third-order valence-electron chi connectivity index (χ3n) is 8.23. The zero-order valence-corrected chi connectivity index (χ0v) is 22.9. The van der Waals surface area contributed by atoms with Crippen LogP contribution in [-0.2, 0) is 16.0 Å². The minimum Gasteiger partial charge on any atom is -0.368 e. The first kappa shape index (κ1) is 27.2. The highest BCUT2D eigenvalue weighted by molar-refractivity contribution is 6.00. The lowest BCUT2D eigenvalue weighted by molar-refractivity contribution is -0.136. The predicted molar refractivity (Wildman–Crippen MR) is 154 cm³/mol. The van der Waals surface area contributed by atoms with Gasteiger partial charge in [0.25, 0.3) is 5.91 Å². The molecular weight excluding hydrogens is 490 g/mol. The third-order valence-corrected chi connectivity index (χ3v) is 8.23. The van der Waals surface area contributed by atoms with Crippen molar-refractivity contribution in [2.75, 3.05) is 62.6 Å². The summed E-state index contributed by atoms with van der Waals surface area (Å²) < 4.78 is 0. The number of carbonyl (C=O) groups excluding carboxylic acids is 3. The first-order chi connectivity index (χ1) is 19.1. The molecule has 0 atom stereocenters. The van der Waals surface area contributed by atoms with Gasteiger partial charge in [0, 0.05) is 63.8 Å². The highest BCUT2D eigenvalue weighted by Gasteiger charge is 2.28. The van der Waals surface area contributed by atoms with Gasteiger partial charge in [0.15, 0.2) is 0 Å². The highest BCUT2D eigenvalue weighted by atomic mass is 16.2. The highest BCUT2D eigenvalue weighted by Crippen LogP contribution is 2.30. The average molecular weight is 532 g/mol. The van der Waals surface area contributed by atoms with E-state index in [1.54, 1.807) is 0 Å². The van der Waals surface area contributed by atoms with E-state index in [1.807, 2.05) is 58.3 Å². The molecule has 1 saturated carbocycles. The number of carbonyl (C=O) groups is 3. The van der Waals surface area contributed by atoms with Crippen LogP contribution in [0.2, 0.25) is 0 Å². The average Bonchev–Trinajstić information content (AvgIpc) is 3.24. The Kier molecular flexibility index (Phi) is 9.14. The number of nitrogens with zero attached hydrogens (tertiary/aromatic N) is 3. The van der Waals surface area contributed by atoms with E-state index in [4.69, 9.17) is 0 Å². The number of hydrogen-bond acceptors (Lipinski definition) is 5. The Morgan fingerprint density at radius 3 is 2.33 bits per heavy atom. The summed E-state index contributed by atoms with van der Waals surface area (Å²) in [6.45, 7) is 5.85. The van der Waals surface area contributed by atoms with Gasteiger partial charge in [-0.25, -0.2) is 0 Å². The van der Waals surface area contributed by atoms with Crippen LogP contribution in [0.25, 0.3) is 0 Å². The van der Waals surface area contributed by atoms with Crippen molar-refractivity contribution in [2.45, 2.75) is 44.9 Å². The van der Waals surface area contributed by atoms with E-state index in [-0.39, 0.29) is 24.2 Å². The molecule has 0 unspecified atom stereocenters. The molecule has 2 heterocycles. The van der Waals surface area contributed by atoms with E-state index in [1.165, 1.54) is 6.42 Å². The zero-order chi connectivity index (χ0) is 27.0. The van der Waals surface area contributed by atoms with Crippen molar-refractivity contribution in [1.29, 1.82) is 0 Å². The van der Waals surface area contributed by atoms with Gasteiger partial charge in [-0.1, -0.05) is 49.6 Å². The van der Waals surface area contributed by atoms with Crippen LogP contribution in [0.1, 0.15) is 54.4 Å². The second kappa shape index (κ2) is 13.1. The van der Waals surface area contributed by atoms with Gasteiger partial charge in [0.2, 0.25) is 11.8 Å². The summed E-state index contributed by atoms with van der Waals surface area (Å²) >= 11 is 0. The maximum Gasteiger partial charge on any atom is 0.254 e. The molecule has 0 spiro atoms. The number of benzene rings is 2. The summed E-state index contributed by atoms with van der Waals surface area (Å²) in [4.78, 5) is 45.7. The minimum atomic E-state index is -0.113. The van der Waals surface area contributed by atoms with E-state index in [0.29, 0.717) is 43.3 Å². The van der Waals surface area contributed by atoms with Crippen LogP contribution in [-0.4, -0.2) is 79.9 Å². The van der Waals surface area contributed by atoms with Crippen LogP contribution >= 0.6 is 0 Å². The summed E-state index contributed by atoms with van der Waals surface area (Å²) in [6, 6.07) is 15.4. The molecule has 39 heavy (non-hydrogen) atoms. The van der Waals surface area contributed by atoms with E-state index in [9.17, 15) is 14.4 Å². The monoisotopic (exact) mass is 531 g/mol. The van der Waals surface area contributed by atoms with Crippen molar-refractivity contribution in [3.63, 3.8) is 0 Å². The lowest BCUT2D eigenvalue weighted by atomic mass is 9.88. The first-order valence-electron chi connectivity index (χ1n) is 14.6. The van der Waals surface area contributed by atoms with Gasteiger partial charge in [-0.2, -0.15) is 0 Å². The number of hydrogen-bond donors (Lipinski definition) is 2. The third kappa shape index (κ3) is 6.98. The Morgan fingerprint density at radius 2 is 1.56 bits per heavy atom. The van der Waals surface area contributed by atoms with Crippen molar-refractivity contribution < 1.29 is 14.4 Å². The number of rotatable bonds is 6. The SMILES string of the molecule is O=C(Cc1ccccc1)Nc1cc(C(=O)N2CCNCC2)ccc1N1CCCN(C(=O)C2CCCCC2)CC1. The van der Waals surface area contributed by atoms with Crippen LogP contribution in [0.3, 0.4) is 0 Å². The molecule has 2 N–H and O–H groups in total. The minimum absolute atomic E-state index is 0.0123. The van der Waals surface area contributed by atoms with Crippen molar-refractivity contribution >= 4 is 29.1 Å². The molecule has 3 amide bonds. The molecule has 2 aromatic carbocycles. The van der Waals surface area contributed by atoms with Gasteiger partial charge in [0.05, 0.1) is 17.8 Å². The summed E-state index contributed by atoms with van der Waals surface area (Å²) in [5, 5.41) is 6.40. The molecule has 0 aromatic heterocycles. The van der Waals surface area contributed by atoms with Crippen LogP contribution < -0.4 is 15.5 Å². The second-order valence-corrected chi connectivity index (χ2v) is 11.0. The van der Waals surface area contributed by atoms with Crippen LogP contribution in [0.5, 0.6) is 0 Å². The normalized spacial score (nSPS) is 18.9. The second-order valence-electron chi connectivity index (χ2n) is 11.0. The molecule has 0 bridgehead atoms. The molecule has 3 fully saturated rings. The Morgan fingerprint density at radius 1 is 0.795 bits per heavy atom. The van der Waals surface area contributed by atoms with Gasteiger partial charge in [-0.15, -0.1) is 0 Å². The van der Waals surface area contributed by atoms with Gasteiger partial charge >= 0.3 is 0 Å². The van der Waals surface area contributed by atoms with E-state index < -0.39 is 0 Å². The Hall–Kier alpha value is -3.39. The Balaban J connectivity index is 1.34. The van der Waals surface area contributed by atoms with Gasteiger partial charge in [0.1, 0.15) is 0 Å². The fourth-order valence-corrected chi connectivity index (χ4v) is 6.06. The summed E-state index contributed by atoms with van der Waals surface area (Å²) in [7, 11) is 0. The zero-order valence-electron chi connectivity index (χ0n) is 22.9. The molecule has 8 heteroatoms. The lowest BCUT2D eigenvalue weighted by Gasteiger charge is -2.30. The van der Waals surface area contributed by atoms with Crippen molar-refractivity contribution in [1.82, 2.24) is 15.1 Å². The fourth-order valence-electron chi connectivity index (χ4n) is 6.06. The molecule has 2 saturated heterocycles. The standard InChI is InChI=1S/C31H41N5O3/c37-29(22-24-8-3-1-4-9-24)33-27-23-26(31(39)36-18-14-32-15-19-36)12-13-28(27)34-16-7-17-35(21-20-34)30(38)25-10-5-2-6-11-25/h1,3-4,8-9,12-13,23,25,32H,2,5-7,10-11,14-22H2,(H,33,37). The van der Waals surface area contributed by atoms with Gasteiger partial charge in [-0.05, 0) is 43.0 Å².